The first kappa shape index (κ1) is 13.9. The van der Waals surface area contributed by atoms with Crippen molar-refractivity contribution in [3.63, 3.8) is 0 Å². The van der Waals surface area contributed by atoms with Crippen LogP contribution in [0.25, 0.3) is 0 Å². The van der Waals surface area contributed by atoms with Gasteiger partial charge in [-0.25, -0.2) is 0 Å². The van der Waals surface area contributed by atoms with Crippen LogP contribution in [-0.2, 0) is 0 Å². The van der Waals surface area contributed by atoms with E-state index in [0.29, 0.717) is 0 Å². The zero-order chi connectivity index (χ0) is 12.2. The molecule has 1 unspecified atom stereocenters. The number of likely N-dealkylation sites (N-methyl/N-ethyl adjacent to an activating group) is 1. The van der Waals surface area contributed by atoms with Crippen LogP contribution in [0.1, 0.15) is 40.0 Å². The molecule has 96 valence electrons. The van der Waals surface area contributed by atoms with Crippen molar-refractivity contribution in [1.29, 1.82) is 0 Å². The van der Waals surface area contributed by atoms with Gasteiger partial charge in [-0.1, -0.05) is 6.92 Å². The van der Waals surface area contributed by atoms with Crippen molar-refractivity contribution in [3.8, 4) is 0 Å². The molecule has 0 aromatic heterocycles. The Morgan fingerprint density at radius 3 is 2.56 bits per heavy atom. The van der Waals surface area contributed by atoms with Crippen LogP contribution in [-0.4, -0.2) is 54.6 Å². The van der Waals surface area contributed by atoms with Crippen LogP contribution in [0.3, 0.4) is 0 Å². The standard InChI is InChI=1S/C13H29N3/c1-5-12-11-15(4)8-6-9-16(12)10-7-13(2,3)14/h12H,5-11,14H2,1-4H3. The lowest BCUT2D eigenvalue weighted by molar-refractivity contribution is 0.171. The maximum atomic E-state index is 6.07. The fraction of sp³-hybridized carbons (Fsp3) is 1.00. The zero-order valence-electron chi connectivity index (χ0n) is 11.5. The number of hydrogen-bond acceptors (Lipinski definition) is 3. The summed E-state index contributed by atoms with van der Waals surface area (Å²) >= 11 is 0. The highest BCUT2D eigenvalue weighted by Gasteiger charge is 2.23. The highest BCUT2D eigenvalue weighted by atomic mass is 15.2. The van der Waals surface area contributed by atoms with E-state index in [2.05, 4.69) is 37.6 Å². The van der Waals surface area contributed by atoms with Crippen LogP contribution in [0.5, 0.6) is 0 Å². The number of rotatable bonds is 4. The summed E-state index contributed by atoms with van der Waals surface area (Å²) in [5.74, 6) is 0. The maximum absolute atomic E-state index is 6.07. The Balaban J connectivity index is 2.48. The quantitative estimate of drug-likeness (QED) is 0.790. The van der Waals surface area contributed by atoms with Crippen molar-refractivity contribution in [3.05, 3.63) is 0 Å². The third-order valence-corrected chi connectivity index (χ3v) is 3.54. The summed E-state index contributed by atoms with van der Waals surface area (Å²) in [6.45, 7) is 11.4. The average Bonchev–Trinajstić information content (AvgIpc) is 2.35. The van der Waals surface area contributed by atoms with Crippen LogP contribution in [0.15, 0.2) is 0 Å². The molecule has 1 rings (SSSR count). The minimum absolute atomic E-state index is 0.0313. The second-order valence-electron chi connectivity index (χ2n) is 5.95. The first-order valence-electron chi connectivity index (χ1n) is 6.64. The maximum Gasteiger partial charge on any atom is 0.0220 e. The van der Waals surface area contributed by atoms with Crippen LogP contribution >= 0.6 is 0 Å². The molecule has 0 radical (unpaired) electrons. The molecule has 0 aliphatic carbocycles. The first-order valence-corrected chi connectivity index (χ1v) is 6.64. The molecule has 3 nitrogen and oxygen atoms in total. The Morgan fingerprint density at radius 2 is 2.00 bits per heavy atom. The Kier molecular flexibility index (Phi) is 5.22. The molecule has 0 spiro atoms. The fourth-order valence-corrected chi connectivity index (χ4v) is 2.41. The van der Waals surface area contributed by atoms with Gasteiger partial charge in [-0.3, -0.25) is 4.90 Å². The summed E-state index contributed by atoms with van der Waals surface area (Å²) in [5, 5.41) is 0. The second-order valence-corrected chi connectivity index (χ2v) is 5.95. The molecule has 16 heavy (non-hydrogen) atoms. The number of nitrogens with zero attached hydrogens (tertiary/aromatic N) is 2. The topological polar surface area (TPSA) is 32.5 Å². The van der Waals surface area contributed by atoms with Gasteiger partial charge in [0.2, 0.25) is 0 Å². The van der Waals surface area contributed by atoms with E-state index in [-0.39, 0.29) is 5.54 Å². The van der Waals surface area contributed by atoms with Crippen molar-refractivity contribution in [2.24, 2.45) is 5.73 Å². The Hall–Kier alpha value is -0.120. The molecule has 3 heteroatoms. The molecule has 0 saturated carbocycles. The lowest BCUT2D eigenvalue weighted by atomic mass is 10.0. The van der Waals surface area contributed by atoms with Gasteiger partial charge >= 0.3 is 0 Å². The van der Waals surface area contributed by atoms with E-state index in [1.807, 2.05) is 0 Å². The average molecular weight is 227 g/mol. The second kappa shape index (κ2) is 5.99. The molecule has 1 fully saturated rings. The van der Waals surface area contributed by atoms with Crippen molar-refractivity contribution in [2.45, 2.75) is 51.6 Å². The van der Waals surface area contributed by atoms with E-state index in [9.17, 15) is 0 Å². The third-order valence-electron chi connectivity index (χ3n) is 3.54. The molecule has 0 amide bonds. The molecule has 1 saturated heterocycles. The number of hydrogen-bond donors (Lipinski definition) is 1. The molecule has 0 aromatic carbocycles. The van der Waals surface area contributed by atoms with Gasteiger partial charge in [-0.05, 0) is 53.2 Å². The van der Waals surface area contributed by atoms with Crippen molar-refractivity contribution >= 4 is 0 Å². The van der Waals surface area contributed by atoms with Gasteiger partial charge in [0.15, 0.2) is 0 Å². The van der Waals surface area contributed by atoms with Crippen molar-refractivity contribution < 1.29 is 0 Å². The van der Waals surface area contributed by atoms with Crippen LogP contribution < -0.4 is 5.73 Å². The first-order chi connectivity index (χ1) is 7.42. The molecular formula is C13H29N3. The normalized spacial score (nSPS) is 25.7. The molecular weight excluding hydrogens is 198 g/mol. The highest BCUT2D eigenvalue weighted by Crippen LogP contribution is 2.14. The van der Waals surface area contributed by atoms with E-state index in [0.717, 1.165) is 19.0 Å². The monoisotopic (exact) mass is 227 g/mol. The Labute approximate surface area is 101 Å². The van der Waals surface area contributed by atoms with E-state index < -0.39 is 0 Å². The SMILES string of the molecule is CCC1CN(C)CCCN1CCC(C)(C)N. The fourth-order valence-electron chi connectivity index (χ4n) is 2.41. The van der Waals surface area contributed by atoms with Gasteiger partial charge in [-0.15, -0.1) is 0 Å². The third kappa shape index (κ3) is 4.81. The summed E-state index contributed by atoms with van der Waals surface area (Å²) in [6, 6.07) is 0.717. The summed E-state index contributed by atoms with van der Waals surface area (Å²) in [5.41, 5.74) is 6.04. The summed E-state index contributed by atoms with van der Waals surface area (Å²) < 4.78 is 0. The van der Waals surface area contributed by atoms with Gasteiger partial charge in [-0.2, -0.15) is 0 Å². The highest BCUT2D eigenvalue weighted by molar-refractivity contribution is 4.81. The molecule has 1 aliphatic heterocycles. The van der Waals surface area contributed by atoms with Gasteiger partial charge < -0.3 is 10.6 Å². The Morgan fingerprint density at radius 1 is 1.31 bits per heavy atom. The summed E-state index contributed by atoms with van der Waals surface area (Å²) in [6.07, 6.45) is 3.63. The number of nitrogens with two attached hydrogens (primary N) is 1. The van der Waals surface area contributed by atoms with Gasteiger partial charge in [0.1, 0.15) is 0 Å². The predicted molar refractivity (Wildman–Crippen MR) is 70.6 cm³/mol. The molecule has 0 bridgehead atoms. The van der Waals surface area contributed by atoms with E-state index in [4.69, 9.17) is 5.73 Å². The van der Waals surface area contributed by atoms with E-state index in [1.54, 1.807) is 0 Å². The van der Waals surface area contributed by atoms with Gasteiger partial charge in [0.25, 0.3) is 0 Å². The largest absolute Gasteiger partial charge is 0.326 e. The van der Waals surface area contributed by atoms with Crippen LogP contribution in [0.2, 0.25) is 0 Å². The predicted octanol–water partition coefficient (Wildman–Crippen LogP) is 1.53. The van der Waals surface area contributed by atoms with Crippen LogP contribution in [0.4, 0.5) is 0 Å². The minimum Gasteiger partial charge on any atom is -0.326 e. The van der Waals surface area contributed by atoms with Crippen molar-refractivity contribution in [1.82, 2.24) is 9.80 Å². The van der Waals surface area contributed by atoms with E-state index in [1.165, 1.54) is 32.5 Å². The Bertz CT molecular complexity index is 198. The van der Waals surface area contributed by atoms with Crippen LogP contribution in [0, 0.1) is 0 Å². The zero-order valence-corrected chi connectivity index (χ0v) is 11.5. The van der Waals surface area contributed by atoms with Crippen molar-refractivity contribution in [2.75, 3.05) is 33.2 Å². The van der Waals surface area contributed by atoms with Gasteiger partial charge in [0, 0.05) is 24.7 Å². The summed E-state index contributed by atoms with van der Waals surface area (Å²) in [7, 11) is 2.24. The minimum atomic E-state index is -0.0313. The molecule has 2 N–H and O–H groups in total. The lowest BCUT2D eigenvalue weighted by Crippen LogP contribution is -2.43. The van der Waals surface area contributed by atoms with E-state index >= 15 is 0 Å². The molecule has 1 aliphatic rings. The molecule has 1 atom stereocenters. The van der Waals surface area contributed by atoms with Gasteiger partial charge in [0.05, 0.1) is 0 Å². The summed E-state index contributed by atoms with van der Waals surface area (Å²) in [4.78, 5) is 5.10. The lowest BCUT2D eigenvalue weighted by Gasteiger charge is -2.32. The molecule has 0 aromatic rings. The molecule has 1 heterocycles. The smallest absolute Gasteiger partial charge is 0.0220 e.